The second-order valence-electron chi connectivity index (χ2n) is 14.7. The first-order valence-electron chi connectivity index (χ1n) is 17.6. The van der Waals surface area contributed by atoms with Crippen LogP contribution in [0.15, 0.2) is 60.7 Å². The molecular formula is C38H43N3O12. The van der Waals surface area contributed by atoms with Crippen LogP contribution in [-0.2, 0) is 65.5 Å². The molecule has 4 heterocycles. The number of aliphatic hydroxyl groups excluding tert-OH is 1. The quantitative estimate of drug-likeness (QED) is 0.179. The molecule has 15 heteroatoms. The molecule has 0 aromatic heterocycles. The highest BCUT2D eigenvalue weighted by Gasteiger charge is 2.75. The largest absolute Gasteiger partial charge is 0.462 e. The summed E-state index contributed by atoms with van der Waals surface area (Å²) in [7, 11) is 1.54. The normalized spacial score (nSPS) is 30.3. The van der Waals surface area contributed by atoms with Crippen molar-refractivity contribution < 1.29 is 57.6 Å². The van der Waals surface area contributed by atoms with E-state index < -0.39 is 83.2 Å². The number of aliphatic hydroxyl groups is 1. The third kappa shape index (κ3) is 6.83. The topological polar surface area (TPSA) is 179 Å². The number of benzene rings is 2. The lowest BCUT2D eigenvalue weighted by Crippen LogP contribution is -2.70. The van der Waals surface area contributed by atoms with Crippen molar-refractivity contribution in [3.8, 4) is 0 Å². The number of rotatable bonds is 12. The lowest BCUT2D eigenvalue weighted by Gasteiger charge is -2.50. The minimum atomic E-state index is -1.49. The number of ether oxygens (including phenoxy) is 5. The average molecular weight is 734 g/mol. The van der Waals surface area contributed by atoms with Crippen LogP contribution >= 0.6 is 0 Å². The van der Waals surface area contributed by atoms with E-state index in [1.807, 2.05) is 36.4 Å². The van der Waals surface area contributed by atoms with Gasteiger partial charge in [-0.3, -0.25) is 19.2 Å². The maximum absolute atomic E-state index is 15.0. The molecule has 2 N–H and O–H groups in total. The van der Waals surface area contributed by atoms with Crippen molar-refractivity contribution in [2.45, 2.75) is 75.8 Å². The Morgan fingerprint density at radius 2 is 1.81 bits per heavy atom. The van der Waals surface area contributed by atoms with E-state index in [0.29, 0.717) is 11.1 Å². The Balaban J connectivity index is 1.15. The summed E-state index contributed by atoms with van der Waals surface area (Å²) in [5.74, 6) is -2.87. The van der Waals surface area contributed by atoms with Gasteiger partial charge in [-0.1, -0.05) is 68.4 Å². The fourth-order valence-corrected chi connectivity index (χ4v) is 8.05. The monoisotopic (exact) mass is 733 g/mol. The van der Waals surface area contributed by atoms with Crippen LogP contribution in [0.4, 0.5) is 0 Å². The molecule has 15 nitrogen and oxygen atoms in total. The summed E-state index contributed by atoms with van der Waals surface area (Å²) in [5, 5.41) is 13.6. The molecule has 282 valence electrons. The van der Waals surface area contributed by atoms with Crippen LogP contribution in [0.5, 0.6) is 0 Å². The molecule has 2 amide bonds. The lowest BCUT2D eigenvalue weighted by molar-refractivity contribution is -0.204. The second-order valence-corrected chi connectivity index (χ2v) is 14.7. The van der Waals surface area contributed by atoms with Crippen LogP contribution < -0.4 is 5.32 Å². The first kappa shape index (κ1) is 36.7. The van der Waals surface area contributed by atoms with Crippen LogP contribution in [-0.4, -0.2) is 121 Å². The minimum absolute atomic E-state index is 0.00549. The SMILES string of the molecule is CN(C(=O)C12CC3OC(=O)C1N(Cc1cccc(C=CC(=O)OC4C(=O)OCC4(C)C)c1)OC2C1OCOC31)C(Cc1ccccc1)C(=O)NCCO. The van der Waals surface area contributed by atoms with Crippen molar-refractivity contribution >= 4 is 35.8 Å². The predicted octanol–water partition coefficient (Wildman–Crippen LogP) is 0.914. The number of nitrogens with zero attached hydrogens (tertiary/aromatic N) is 2. The number of hydroxylamine groups is 2. The van der Waals surface area contributed by atoms with Gasteiger partial charge in [0, 0.05) is 37.9 Å². The van der Waals surface area contributed by atoms with Gasteiger partial charge in [-0.15, -0.1) is 0 Å². The molecular weight excluding hydrogens is 690 g/mol. The number of hydrogen-bond acceptors (Lipinski definition) is 13. The third-order valence-corrected chi connectivity index (χ3v) is 10.7. The molecule has 2 aromatic carbocycles. The number of amides is 2. The second kappa shape index (κ2) is 14.6. The Kier molecular flexibility index (Phi) is 10.1. The maximum atomic E-state index is 15.0. The van der Waals surface area contributed by atoms with Gasteiger partial charge in [0.2, 0.25) is 17.9 Å². The van der Waals surface area contributed by atoms with Crippen molar-refractivity contribution in [3.63, 3.8) is 0 Å². The predicted molar refractivity (Wildman–Crippen MR) is 183 cm³/mol. The van der Waals surface area contributed by atoms with Crippen LogP contribution in [0.1, 0.15) is 37.0 Å². The Bertz CT molecular complexity index is 1780. The fourth-order valence-electron chi connectivity index (χ4n) is 8.05. The standard InChI is InChI=1S/C38H43N3O12/c1-37(2)20-48-35(46)32(37)52-27(43)13-12-23-10-7-11-24(16-23)19-41-30-34(45)51-26-18-38(30,31(53-41)29-28(26)49-21-50-29)36(47)40(3)25(33(44)39-14-15-42)17-22-8-5-4-6-9-22/h4-13,16,25-26,28-32,42H,14-15,17-21H2,1-3H3,(H,39,44). The summed E-state index contributed by atoms with van der Waals surface area (Å²) < 4.78 is 28.2. The molecule has 4 saturated heterocycles. The highest BCUT2D eigenvalue weighted by Crippen LogP contribution is 2.56. The highest BCUT2D eigenvalue weighted by atomic mass is 16.8. The molecule has 53 heavy (non-hydrogen) atoms. The van der Waals surface area contributed by atoms with Gasteiger partial charge in [-0.25, -0.2) is 9.59 Å². The van der Waals surface area contributed by atoms with E-state index in [9.17, 15) is 24.3 Å². The maximum Gasteiger partial charge on any atom is 0.348 e. The van der Waals surface area contributed by atoms with E-state index in [2.05, 4.69) is 5.32 Å². The molecule has 8 atom stereocenters. The average Bonchev–Trinajstić information content (AvgIpc) is 3.84. The van der Waals surface area contributed by atoms with Crippen LogP contribution in [0.25, 0.3) is 6.08 Å². The van der Waals surface area contributed by atoms with E-state index in [-0.39, 0.29) is 45.9 Å². The van der Waals surface area contributed by atoms with E-state index in [0.717, 1.165) is 5.56 Å². The number of carbonyl (C=O) groups excluding carboxylic acids is 5. The third-order valence-electron chi connectivity index (χ3n) is 10.7. The minimum Gasteiger partial charge on any atom is -0.462 e. The molecule has 2 aromatic rings. The van der Waals surface area contributed by atoms with Crippen molar-refractivity contribution in [3.05, 3.63) is 77.4 Å². The Labute approximate surface area is 306 Å². The highest BCUT2D eigenvalue weighted by molar-refractivity contribution is 5.96. The van der Waals surface area contributed by atoms with Crippen molar-refractivity contribution in [2.75, 3.05) is 33.6 Å². The summed E-state index contributed by atoms with van der Waals surface area (Å²) in [6.07, 6.45) is -1.06. The molecule has 1 saturated carbocycles. The Hall–Kier alpha value is -4.67. The molecule has 5 aliphatic rings. The molecule has 2 bridgehead atoms. The first-order chi connectivity index (χ1) is 25.4. The van der Waals surface area contributed by atoms with Gasteiger partial charge < -0.3 is 39.0 Å². The van der Waals surface area contributed by atoms with Crippen molar-refractivity contribution in [1.29, 1.82) is 0 Å². The van der Waals surface area contributed by atoms with Crippen molar-refractivity contribution in [1.82, 2.24) is 15.3 Å². The summed E-state index contributed by atoms with van der Waals surface area (Å²) >= 11 is 0. The van der Waals surface area contributed by atoms with Gasteiger partial charge in [0.25, 0.3) is 0 Å². The smallest absolute Gasteiger partial charge is 0.348 e. The number of cyclic esters (lactones) is 1. The summed E-state index contributed by atoms with van der Waals surface area (Å²) in [6.45, 7) is 3.43. The Morgan fingerprint density at radius 1 is 1.06 bits per heavy atom. The number of esters is 3. The van der Waals surface area contributed by atoms with Crippen LogP contribution in [0.2, 0.25) is 0 Å². The zero-order chi connectivity index (χ0) is 37.5. The van der Waals surface area contributed by atoms with Gasteiger partial charge in [-0.05, 0) is 22.8 Å². The van der Waals surface area contributed by atoms with Gasteiger partial charge in [0.15, 0.2) is 6.04 Å². The summed E-state index contributed by atoms with van der Waals surface area (Å²) in [4.78, 5) is 75.2. The van der Waals surface area contributed by atoms with E-state index in [1.165, 1.54) is 23.1 Å². The van der Waals surface area contributed by atoms with Gasteiger partial charge in [-0.2, -0.15) is 5.06 Å². The number of carbonyl (C=O) groups is 5. The first-order valence-corrected chi connectivity index (χ1v) is 17.6. The van der Waals surface area contributed by atoms with Gasteiger partial charge >= 0.3 is 17.9 Å². The van der Waals surface area contributed by atoms with E-state index in [1.54, 1.807) is 38.1 Å². The molecule has 0 spiro atoms. The van der Waals surface area contributed by atoms with Crippen LogP contribution in [0.3, 0.4) is 0 Å². The zero-order valence-electron chi connectivity index (χ0n) is 29.7. The Morgan fingerprint density at radius 3 is 2.55 bits per heavy atom. The summed E-state index contributed by atoms with van der Waals surface area (Å²) in [6, 6.07) is 14.2. The van der Waals surface area contributed by atoms with Gasteiger partial charge in [0.1, 0.15) is 49.3 Å². The molecule has 4 aliphatic heterocycles. The number of likely N-dealkylation sites (N-methyl/N-ethyl adjacent to an activating group) is 1. The summed E-state index contributed by atoms with van der Waals surface area (Å²) in [5.41, 5.74) is -0.000503. The van der Waals surface area contributed by atoms with Crippen LogP contribution in [0, 0.1) is 10.8 Å². The molecule has 8 unspecified atom stereocenters. The zero-order valence-corrected chi connectivity index (χ0v) is 29.7. The fraction of sp³-hybridized carbons (Fsp3) is 0.500. The van der Waals surface area contributed by atoms with E-state index >= 15 is 4.79 Å². The molecule has 7 rings (SSSR count). The molecule has 0 radical (unpaired) electrons. The van der Waals surface area contributed by atoms with Gasteiger partial charge in [0.05, 0.1) is 13.2 Å². The number of hydrogen-bond donors (Lipinski definition) is 2. The molecule has 1 aliphatic carbocycles. The number of nitrogens with one attached hydrogen (secondary N) is 1. The lowest BCUT2D eigenvalue weighted by atomic mass is 9.62. The van der Waals surface area contributed by atoms with E-state index in [4.69, 9.17) is 28.5 Å². The van der Waals surface area contributed by atoms with Crippen molar-refractivity contribution in [2.24, 2.45) is 10.8 Å². The number of fused-ring (bicyclic) bond motifs is 4. The molecule has 5 fully saturated rings.